The third-order valence-electron chi connectivity index (χ3n) is 2.91. The molecule has 0 radical (unpaired) electrons. The number of hydrogen-bond donors (Lipinski definition) is 2. The lowest BCUT2D eigenvalue weighted by Gasteiger charge is -2.03. The van der Waals surface area contributed by atoms with Crippen LogP contribution < -0.4 is 10.5 Å². The zero-order valence-electron chi connectivity index (χ0n) is 12.0. The van der Waals surface area contributed by atoms with Gasteiger partial charge in [-0.05, 0) is 36.2 Å². The topological polar surface area (TPSA) is 94.1 Å². The molecule has 6 nitrogen and oxygen atoms in total. The van der Waals surface area contributed by atoms with E-state index in [1.165, 1.54) is 29.8 Å². The van der Waals surface area contributed by atoms with Crippen LogP contribution in [0.15, 0.2) is 53.7 Å². The van der Waals surface area contributed by atoms with Crippen molar-refractivity contribution in [1.29, 1.82) is 0 Å². The van der Waals surface area contributed by atoms with Gasteiger partial charge in [-0.25, -0.2) is 4.79 Å². The van der Waals surface area contributed by atoms with Crippen molar-refractivity contribution in [2.45, 2.75) is 13.3 Å². The van der Waals surface area contributed by atoms with Crippen LogP contribution in [0.3, 0.4) is 0 Å². The second-order valence-corrected chi connectivity index (χ2v) is 4.46. The predicted octanol–water partition coefficient (Wildman–Crippen LogP) is 2.79. The van der Waals surface area contributed by atoms with Crippen LogP contribution >= 0.6 is 0 Å². The van der Waals surface area contributed by atoms with Gasteiger partial charge in [-0.15, -0.1) is 0 Å². The van der Waals surface area contributed by atoms with Gasteiger partial charge in [-0.1, -0.05) is 36.3 Å². The lowest BCUT2D eigenvalue weighted by atomic mass is 10.1. The Kier molecular flexibility index (Phi) is 4.98. The standard InChI is InChI=1S/C16H16N2O4/c1-2-11-3-5-12(6-4-11)15(17)18-22-16(20)21-14-9-7-13(19)8-10-14/h3-10,19H,2H2,1H3,(H2,17,18). The van der Waals surface area contributed by atoms with Crippen molar-refractivity contribution in [1.82, 2.24) is 0 Å². The summed E-state index contributed by atoms with van der Waals surface area (Å²) >= 11 is 0. The number of oxime groups is 1. The summed E-state index contributed by atoms with van der Waals surface area (Å²) in [6.45, 7) is 2.05. The van der Waals surface area contributed by atoms with Crippen molar-refractivity contribution >= 4 is 12.0 Å². The molecule has 114 valence electrons. The zero-order chi connectivity index (χ0) is 15.9. The SMILES string of the molecule is CCc1ccc(/C(N)=N\OC(=O)Oc2ccc(O)cc2)cc1. The normalized spacial score (nSPS) is 11.0. The van der Waals surface area contributed by atoms with E-state index in [2.05, 4.69) is 16.9 Å². The van der Waals surface area contributed by atoms with Crippen LogP contribution in [0.25, 0.3) is 0 Å². The molecule has 0 heterocycles. The third-order valence-corrected chi connectivity index (χ3v) is 2.91. The Morgan fingerprint density at radius 1 is 1.14 bits per heavy atom. The van der Waals surface area contributed by atoms with Crippen LogP contribution in [0.5, 0.6) is 11.5 Å². The van der Waals surface area contributed by atoms with Gasteiger partial charge in [0.25, 0.3) is 0 Å². The van der Waals surface area contributed by atoms with Crippen LogP contribution in [-0.4, -0.2) is 17.1 Å². The minimum atomic E-state index is -1.01. The first-order valence-corrected chi connectivity index (χ1v) is 6.69. The van der Waals surface area contributed by atoms with Crippen LogP contribution in [0.2, 0.25) is 0 Å². The minimum Gasteiger partial charge on any atom is -0.508 e. The van der Waals surface area contributed by atoms with Crippen molar-refractivity contribution in [3.8, 4) is 11.5 Å². The largest absolute Gasteiger partial charge is 0.540 e. The maximum absolute atomic E-state index is 11.5. The van der Waals surface area contributed by atoms with E-state index in [4.69, 9.17) is 15.6 Å². The first-order valence-electron chi connectivity index (χ1n) is 6.69. The molecule has 0 aliphatic rings. The zero-order valence-corrected chi connectivity index (χ0v) is 12.0. The molecular weight excluding hydrogens is 284 g/mol. The molecule has 6 heteroatoms. The molecule has 0 atom stereocenters. The molecule has 3 N–H and O–H groups in total. The summed E-state index contributed by atoms with van der Waals surface area (Å²) in [5, 5.41) is 12.7. The molecule has 0 unspecified atom stereocenters. The van der Waals surface area contributed by atoms with E-state index >= 15 is 0 Å². The molecule has 0 aliphatic carbocycles. The predicted molar refractivity (Wildman–Crippen MR) is 81.8 cm³/mol. The Labute approximate surface area is 127 Å². The number of carbonyl (C=O) groups excluding carboxylic acids is 1. The van der Waals surface area contributed by atoms with Gasteiger partial charge in [-0.2, -0.15) is 0 Å². The van der Waals surface area contributed by atoms with Gasteiger partial charge in [0.2, 0.25) is 0 Å². The number of carbonyl (C=O) groups is 1. The summed E-state index contributed by atoms with van der Waals surface area (Å²) in [6.07, 6.45) is -0.0916. The highest BCUT2D eigenvalue weighted by Crippen LogP contribution is 2.16. The number of rotatable bonds is 4. The quantitative estimate of drug-likeness (QED) is 0.226. The Bertz CT molecular complexity index is 664. The van der Waals surface area contributed by atoms with Gasteiger partial charge in [-0.3, -0.25) is 4.84 Å². The average molecular weight is 300 g/mol. The van der Waals surface area contributed by atoms with E-state index in [0.717, 1.165) is 6.42 Å². The van der Waals surface area contributed by atoms with E-state index in [9.17, 15) is 4.79 Å². The summed E-state index contributed by atoms with van der Waals surface area (Å²) in [5.74, 6) is 0.368. The molecular formula is C16H16N2O4. The molecule has 22 heavy (non-hydrogen) atoms. The molecule has 0 spiro atoms. The highest BCUT2D eigenvalue weighted by molar-refractivity contribution is 5.97. The Balaban J connectivity index is 1.94. The minimum absolute atomic E-state index is 0.0681. The summed E-state index contributed by atoms with van der Waals surface area (Å²) in [6, 6.07) is 13.1. The van der Waals surface area contributed by atoms with Crippen molar-refractivity contribution in [3.63, 3.8) is 0 Å². The summed E-state index contributed by atoms with van der Waals surface area (Å²) < 4.78 is 4.86. The molecule has 2 aromatic carbocycles. The number of nitrogens with zero attached hydrogens (tertiary/aromatic N) is 1. The highest BCUT2D eigenvalue weighted by Gasteiger charge is 2.07. The number of hydrogen-bond acceptors (Lipinski definition) is 5. The molecule has 0 saturated heterocycles. The Hall–Kier alpha value is -3.02. The number of phenolic OH excluding ortho intramolecular Hbond substituents is 1. The maximum Gasteiger partial charge on any atom is 0.540 e. The lowest BCUT2D eigenvalue weighted by Crippen LogP contribution is -2.16. The van der Waals surface area contributed by atoms with Gasteiger partial charge in [0.05, 0.1) is 0 Å². The van der Waals surface area contributed by atoms with Crippen LogP contribution in [-0.2, 0) is 11.3 Å². The van der Waals surface area contributed by atoms with E-state index in [-0.39, 0.29) is 17.3 Å². The van der Waals surface area contributed by atoms with Gasteiger partial charge in [0, 0.05) is 5.56 Å². The molecule has 2 aromatic rings. The molecule has 0 saturated carbocycles. The van der Waals surface area contributed by atoms with Crippen molar-refractivity contribution in [2.75, 3.05) is 0 Å². The van der Waals surface area contributed by atoms with Crippen molar-refractivity contribution in [2.24, 2.45) is 10.9 Å². The van der Waals surface area contributed by atoms with Gasteiger partial charge in [0.1, 0.15) is 11.5 Å². The maximum atomic E-state index is 11.5. The number of amidine groups is 1. The van der Waals surface area contributed by atoms with E-state index in [1.54, 1.807) is 12.1 Å². The summed E-state index contributed by atoms with van der Waals surface area (Å²) in [4.78, 5) is 16.1. The number of aryl methyl sites for hydroxylation is 1. The van der Waals surface area contributed by atoms with Crippen molar-refractivity contribution < 1.29 is 19.5 Å². The Morgan fingerprint density at radius 3 is 2.36 bits per heavy atom. The van der Waals surface area contributed by atoms with Crippen LogP contribution in [0, 0.1) is 0 Å². The monoisotopic (exact) mass is 300 g/mol. The molecule has 0 aromatic heterocycles. The number of nitrogens with two attached hydrogens (primary N) is 1. The molecule has 0 fully saturated rings. The lowest BCUT2D eigenvalue weighted by molar-refractivity contribution is 0.102. The van der Waals surface area contributed by atoms with Crippen LogP contribution in [0.4, 0.5) is 4.79 Å². The first kappa shape index (κ1) is 15.4. The number of benzene rings is 2. The van der Waals surface area contributed by atoms with Gasteiger partial charge < -0.3 is 15.6 Å². The molecule has 0 aliphatic heterocycles. The number of aromatic hydroxyl groups is 1. The summed E-state index contributed by atoms with van der Waals surface area (Å²) in [7, 11) is 0. The first-order chi connectivity index (χ1) is 10.6. The number of phenols is 1. The molecule has 2 rings (SSSR count). The van der Waals surface area contributed by atoms with Gasteiger partial charge in [0.15, 0.2) is 5.84 Å². The fourth-order valence-corrected chi connectivity index (χ4v) is 1.68. The van der Waals surface area contributed by atoms with Crippen LogP contribution in [0.1, 0.15) is 18.1 Å². The fourth-order valence-electron chi connectivity index (χ4n) is 1.68. The van der Waals surface area contributed by atoms with Crippen molar-refractivity contribution in [3.05, 3.63) is 59.7 Å². The second-order valence-electron chi connectivity index (χ2n) is 4.46. The Morgan fingerprint density at radius 2 is 1.77 bits per heavy atom. The average Bonchev–Trinajstić information content (AvgIpc) is 2.55. The van der Waals surface area contributed by atoms with E-state index < -0.39 is 6.16 Å². The molecule has 0 bridgehead atoms. The highest BCUT2D eigenvalue weighted by atomic mass is 16.8. The third kappa shape index (κ3) is 4.24. The fraction of sp³-hybridized carbons (Fsp3) is 0.125. The number of ether oxygens (including phenoxy) is 1. The van der Waals surface area contributed by atoms with E-state index in [1.807, 2.05) is 12.1 Å². The van der Waals surface area contributed by atoms with E-state index in [0.29, 0.717) is 5.56 Å². The van der Waals surface area contributed by atoms with Gasteiger partial charge >= 0.3 is 6.16 Å². The smallest absolute Gasteiger partial charge is 0.508 e. The summed E-state index contributed by atoms with van der Waals surface area (Å²) in [5.41, 5.74) is 7.55. The second kappa shape index (κ2) is 7.12. The molecule has 0 amide bonds.